The van der Waals surface area contributed by atoms with Crippen LogP contribution in [0.4, 0.5) is 10.1 Å². The quantitative estimate of drug-likeness (QED) is 0.313. The first-order valence-electron chi connectivity index (χ1n) is 11.7. The number of anilines is 1. The monoisotopic (exact) mass is 500 g/mol. The number of hydrogen-bond donors (Lipinski definition) is 2. The molecule has 2 unspecified atom stereocenters. The van der Waals surface area contributed by atoms with Crippen molar-refractivity contribution in [1.29, 1.82) is 0 Å². The summed E-state index contributed by atoms with van der Waals surface area (Å²) >= 11 is 5.68. The number of amides is 1. The highest BCUT2D eigenvalue weighted by Gasteiger charge is 2.41. The minimum atomic E-state index is -0.311. The van der Waals surface area contributed by atoms with E-state index in [-0.39, 0.29) is 30.2 Å². The molecule has 2 aromatic heterocycles. The van der Waals surface area contributed by atoms with E-state index in [4.69, 9.17) is 16.6 Å². The second-order valence-corrected chi connectivity index (χ2v) is 9.08. The van der Waals surface area contributed by atoms with Gasteiger partial charge in [0.2, 0.25) is 5.91 Å². The van der Waals surface area contributed by atoms with Crippen LogP contribution < -0.4 is 10.6 Å². The van der Waals surface area contributed by atoms with Gasteiger partial charge in [0.25, 0.3) is 0 Å². The van der Waals surface area contributed by atoms with E-state index >= 15 is 0 Å². The molecule has 2 atom stereocenters. The summed E-state index contributed by atoms with van der Waals surface area (Å²) in [5.41, 5.74) is 3.47. The van der Waals surface area contributed by atoms with Gasteiger partial charge in [-0.2, -0.15) is 0 Å². The van der Waals surface area contributed by atoms with Crippen LogP contribution in [0, 0.1) is 12.7 Å². The average molecular weight is 501 g/mol. The molecule has 0 bridgehead atoms. The minimum Gasteiger partial charge on any atom is -0.459 e. The summed E-state index contributed by atoms with van der Waals surface area (Å²) < 4.78 is 19.6. The van der Waals surface area contributed by atoms with E-state index in [1.807, 2.05) is 66.4 Å². The van der Waals surface area contributed by atoms with Gasteiger partial charge in [-0.3, -0.25) is 9.78 Å². The van der Waals surface area contributed by atoms with Crippen LogP contribution in [0.2, 0.25) is 0 Å². The second-order valence-electron chi connectivity index (χ2n) is 8.69. The first-order chi connectivity index (χ1) is 17.5. The molecule has 1 fully saturated rings. The van der Waals surface area contributed by atoms with Crippen molar-refractivity contribution in [3.8, 4) is 11.3 Å². The van der Waals surface area contributed by atoms with E-state index in [1.165, 1.54) is 12.1 Å². The number of benzene rings is 2. The lowest BCUT2D eigenvalue weighted by molar-refractivity contribution is -0.116. The third-order valence-corrected chi connectivity index (χ3v) is 6.51. The van der Waals surface area contributed by atoms with Crippen LogP contribution in [0.5, 0.6) is 0 Å². The number of nitrogens with one attached hydrogen (secondary N) is 2. The highest BCUT2D eigenvalue weighted by molar-refractivity contribution is 7.80. The van der Waals surface area contributed by atoms with Gasteiger partial charge in [0.15, 0.2) is 5.11 Å². The van der Waals surface area contributed by atoms with E-state index in [2.05, 4.69) is 15.6 Å². The molecule has 1 aliphatic heterocycles. The lowest BCUT2D eigenvalue weighted by Crippen LogP contribution is -2.32. The summed E-state index contributed by atoms with van der Waals surface area (Å²) in [6.45, 7) is 2.39. The number of nitrogens with zero attached hydrogens (tertiary/aromatic N) is 2. The molecular weight excluding hydrogens is 475 g/mol. The van der Waals surface area contributed by atoms with Gasteiger partial charge in [-0.15, -0.1) is 0 Å². The van der Waals surface area contributed by atoms with E-state index in [1.54, 1.807) is 18.3 Å². The fourth-order valence-electron chi connectivity index (χ4n) is 4.32. The fraction of sp³-hybridized carbons (Fsp3) is 0.179. The Hall–Kier alpha value is -4.04. The molecule has 2 aromatic carbocycles. The Morgan fingerprint density at radius 3 is 2.58 bits per heavy atom. The smallest absolute Gasteiger partial charge is 0.226 e. The minimum absolute atomic E-state index is 0.104. The maximum Gasteiger partial charge on any atom is 0.226 e. The summed E-state index contributed by atoms with van der Waals surface area (Å²) in [5.74, 6) is 0.894. The number of aryl methyl sites for hydroxylation is 1. The van der Waals surface area contributed by atoms with E-state index in [0.29, 0.717) is 23.2 Å². The Balaban J connectivity index is 1.38. The number of thiocarbonyl (C=S) groups is 1. The summed E-state index contributed by atoms with van der Waals surface area (Å²) in [7, 11) is 0. The summed E-state index contributed by atoms with van der Waals surface area (Å²) in [6, 6.07) is 22.8. The predicted octanol–water partition coefficient (Wildman–Crippen LogP) is 5.79. The lowest BCUT2D eigenvalue weighted by atomic mass is 10.0. The van der Waals surface area contributed by atoms with Gasteiger partial charge in [-0.05, 0) is 79.8 Å². The molecule has 5 rings (SSSR count). The highest BCUT2D eigenvalue weighted by Crippen LogP contribution is 2.40. The second kappa shape index (κ2) is 10.3. The Morgan fingerprint density at radius 1 is 1.08 bits per heavy atom. The third kappa shape index (κ3) is 5.13. The molecule has 8 heteroatoms. The number of aromatic nitrogens is 1. The molecule has 0 spiro atoms. The molecule has 36 heavy (non-hydrogen) atoms. The van der Waals surface area contributed by atoms with Crippen molar-refractivity contribution in [3.63, 3.8) is 0 Å². The molecule has 2 N–H and O–H groups in total. The molecule has 0 aliphatic carbocycles. The van der Waals surface area contributed by atoms with Crippen molar-refractivity contribution in [2.75, 3.05) is 11.9 Å². The summed E-state index contributed by atoms with van der Waals surface area (Å²) in [5, 5.41) is 6.82. The SMILES string of the molecule is Cc1ccc(NC(=O)CCN2C(=S)NC(c3ccccn3)C2c2ccc(-c3ccc(F)cc3)o2)cc1. The molecule has 4 aromatic rings. The largest absolute Gasteiger partial charge is 0.459 e. The van der Waals surface area contributed by atoms with Gasteiger partial charge >= 0.3 is 0 Å². The van der Waals surface area contributed by atoms with Crippen molar-refractivity contribution in [2.24, 2.45) is 0 Å². The molecule has 1 amide bonds. The number of hydrogen-bond acceptors (Lipinski definition) is 4. The van der Waals surface area contributed by atoms with Crippen molar-refractivity contribution in [2.45, 2.75) is 25.4 Å². The first kappa shape index (κ1) is 23.7. The lowest BCUT2D eigenvalue weighted by Gasteiger charge is -2.25. The molecule has 0 radical (unpaired) electrons. The number of halogens is 1. The highest BCUT2D eigenvalue weighted by atomic mass is 32.1. The molecule has 1 saturated heterocycles. The number of carbonyl (C=O) groups excluding carboxylic acids is 1. The Labute approximate surface area is 214 Å². The molecule has 1 aliphatic rings. The molecule has 0 saturated carbocycles. The van der Waals surface area contributed by atoms with E-state index in [9.17, 15) is 9.18 Å². The zero-order valence-electron chi connectivity index (χ0n) is 19.6. The standard InChI is InChI=1S/C28H25FN4O2S/c1-18-5-11-21(12-6-18)31-25(34)15-17-33-27(26(32-28(33)36)22-4-2-3-16-30-22)24-14-13-23(35-24)19-7-9-20(29)10-8-19/h2-14,16,26-27H,15,17H2,1H3,(H,31,34)(H,32,36). The third-order valence-electron chi connectivity index (χ3n) is 6.16. The van der Waals surface area contributed by atoms with Crippen LogP contribution in [-0.2, 0) is 4.79 Å². The van der Waals surface area contributed by atoms with Crippen LogP contribution in [0.15, 0.2) is 89.5 Å². The van der Waals surface area contributed by atoms with Gasteiger partial charge in [0.05, 0.1) is 11.7 Å². The maximum absolute atomic E-state index is 13.4. The number of furan rings is 1. The number of pyridine rings is 1. The van der Waals surface area contributed by atoms with Crippen molar-refractivity contribution in [3.05, 3.63) is 108 Å². The first-order valence-corrected chi connectivity index (χ1v) is 12.1. The summed E-state index contributed by atoms with van der Waals surface area (Å²) in [4.78, 5) is 19.2. The summed E-state index contributed by atoms with van der Waals surface area (Å²) in [6.07, 6.45) is 1.98. The molecular formula is C28H25FN4O2S. The Morgan fingerprint density at radius 2 is 1.86 bits per heavy atom. The van der Waals surface area contributed by atoms with E-state index < -0.39 is 0 Å². The topological polar surface area (TPSA) is 70.4 Å². The average Bonchev–Trinajstić information content (AvgIpc) is 3.50. The maximum atomic E-state index is 13.4. The van der Waals surface area contributed by atoms with Crippen LogP contribution in [0.1, 0.15) is 35.5 Å². The fourth-order valence-corrected chi connectivity index (χ4v) is 4.65. The molecule has 182 valence electrons. The van der Waals surface area contributed by atoms with Crippen LogP contribution in [0.3, 0.4) is 0 Å². The van der Waals surface area contributed by atoms with Crippen LogP contribution in [-0.4, -0.2) is 27.4 Å². The number of rotatable bonds is 7. The zero-order valence-corrected chi connectivity index (χ0v) is 20.5. The molecule has 6 nitrogen and oxygen atoms in total. The van der Waals surface area contributed by atoms with E-state index in [0.717, 1.165) is 22.5 Å². The van der Waals surface area contributed by atoms with Gasteiger partial charge in [-0.1, -0.05) is 23.8 Å². The molecule has 3 heterocycles. The van der Waals surface area contributed by atoms with Gasteiger partial charge in [0, 0.05) is 30.4 Å². The zero-order chi connectivity index (χ0) is 25.1. The number of carbonyl (C=O) groups is 1. The predicted molar refractivity (Wildman–Crippen MR) is 141 cm³/mol. The van der Waals surface area contributed by atoms with Crippen molar-refractivity contribution < 1.29 is 13.6 Å². The van der Waals surface area contributed by atoms with Gasteiger partial charge in [-0.25, -0.2) is 4.39 Å². The van der Waals surface area contributed by atoms with Crippen LogP contribution in [0.25, 0.3) is 11.3 Å². The van der Waals surface area contributed by atoms with Gasteiger partial charge in [0.1, 0.15) is 23.4 Å². The van der Waals surface area contributed by atoms with Crippen LogP contribution >= 0.6 is 12.2 Å². The Bertz CT molecular complexity index is 1360. The van der Waals surface area contributed by atoms with Crippen molar-refractivity contribution >= 4 is 28.9 Å². The van der Waals surface area contributed by atoms with Gasteiger partial charge < -0.3 is 20.0 Å². The Kier molecular flexibility index (Phi) is 6.77. The normalized spacial score (nSPS) is 17.2. The van der Waals surface area contributed by atoms with Crippen molar-refractivity contribution in [1.82, 2.24) is 15.2 Å².